The predicted octanol–water partition coefficient (Wildman–Crippen LogP) is 4.92. The number of furan rings is 1. The second-order valence-corrected chi connectivity index (χ2v) is 5.32. The summed E-state index contributed by atoms with van der Waals surface area (Å²) in [5.74, 6) is 1.58. The number of halogens is 2. The van der Waals surface area contributed by atoms with Crippen molar-refractivity contribution in [3.05, 3.63) is 63.5 Å². The van der Waals surface area contributed by atoms with Gasteiger partial charge in [-0.25, -0.2) is 0 Å². The largest absolute Gasteiger partial charge is 0.489 e. The van der Waals surface area contributed by atoms with Crippen LogP contribution in [0.4, 0.5) is 0 Å². The predicted molar refractivity (Wildman–Crippen MR) is 84.3 cm³/mol. The molecular formula is C16H16Cl2O3. The number of aliphatic hydroxyl groups is 1. The molecular weight excluding hydrogens is 311 g/mol. The molecule has 0 bridgehead atoms. The highest BCUT2D eigenvalue weighted by molar-refractivity contribution is 6.33. The van der Waals surface area contributed by atoms with Crippen LogP contribution in [0.5, 0.6) is 0 Å². The Hall–Kier alpha value is -1.42. The van der Waals surface area contributed by atoms with Crippen molar-refractivity contribution >= 4 is 29.0 Å². The van der Waals surface area contributed by atoms with Gasteiger partial charge >= 0.3 is 0 Å². The average molecular weight is 327 g/mol. The molecule has 1 atom stereocenters. The first-order valence-corrected chi connectivity index (χ1v) is 7.31. The summed E-state index contributed by atoms with van der Waals surface area (Å²) in [5.41, 5.74) is 0.630. The lowest BCUT2D eigenvalue weighted by Gasteiger charge is -2.15. The molecule has 21 heavy (non-hydrogen) atoms. The second kappa shape index (κ2) is 7.03. The molecule has 0 amide bonds. The number of hydrogen-bond acceptors (Lipinski definition) is 3. The van der Waals surface area contributed by atoms with Crippen LogP contribution in [0.15, 0.2) is 45.8 Å². The molecule has 0 aliphatic carbocycles. The molecule has 112 valence electrons. The van der Waals surface area contributed by atoms with Crippen molar-refractivity contribution in [2.75, 3.05) is 6.61 Å². The van der Waals surface area contributed by atoms with Crippen molar-refractivity contribution < 1.29 is 14.3 Å². The SMILES string of the molecule is CCO/C(=C(/Cl)C(O)c1ccc(Cl)cc1)c1ccc(C)o1. The Morgan fingerprint density at radius 2 is 1.90 bits per heavy atom. The lowest BCUT2D eigenvalue weighted by Crippen LogP contribution is -2.02. The van der Waals surface area contributed by atoms with Crippen LogP contribution < -0.4 is 0 Å². The van der Waals surface area contributed by atoms with Gasteiger partial charge in [-0.05, 0) is 43.7 Å². The van der Waals surface area contributed by atoms with Gasteiger partial charge < -0.3 is 14.3 Å². The van der Waals surface area contributed by atoms with E-state index >= 15 is 0 Å². The molecule has 0 aliphatic heterocycles. The maximum Gasteiger partial charge on any atom is 0.179 e. The zero-order chi connectivity index (χ0) is 15.4. The van der Waals surface area contributed by atoms with E-state index in [1.165, 1.54) is 0 Å². The number of benzene rings is 1. The summed E-state index contributed by atoms with van der Waals surface area (Å²) < 4.78 is 11.1. The van der Waals surface area contributed by atoms with Crippen LogP contribution in [-0.4, -0.2) is 11.7 Å². The van der Waals surface area contributed by atoms with Crippen LogP contribution in [0.1, 0.15) is 30.1 Å². The second-order valence-electron chi connectivity index (χ2n) is 4.47. The minimum absolute atomic E-state index is 0.175. The molecule has 2 aromatic rings. The van der Waals surface area contributed by atoms with Crippen molar-refractivity contribution in [2.45, 2.75) is 20.0 Å². The van der Waals surface area contributed by atoms with Crippen molar-refractivity contribution in [2.24, 2.45) is 0 Å². The first-order valence-electron chi connectivity index (χ1n) is 6.55. The molecule has 3 nitrogen and oxygen atoms in total. The van der Waals surface area contributed by atoms with Crippen LogP contribution >= 0.6 is 23.2 Å². The van der Waals surface area contributed by atoms with Crippen LogP contribution in [-0.2, 0) is 4.74 Å². The zero-order valence-corrected chi connectivity index (χ0v) is 13.3. The fraction of sp³-hybridized carbons (Fsp3) is 0.250. The molecule has 1 aromatic carbocycles. The van der Waals surface area contributed by atoms with Crippen molar-refractivity contribution in [1.82, 2.24) is 0 Å². The summed E-state index contributed by atoms with van der Waals surface area (Å²) in [6.45, 7) is 4.09. The molecule has 1 unspecified atom stereocenters. The average Bonchev–Trinajstić information content (AvgIpc) is 2.90. The topological polar surface area (TPSA) is 42.6 Å². The zero-order valence-electron chi connectivity index (χ0n) is 11.8. The lowest BCUT2D eigenvalue weighted by atomic mass is 10.1. The highest BCUT2D eigenvalue weighted by Gasteiger charge is 2.20. The Morgan fingerprint density at radius 3 is 2.43 bits per heavy atom. The van der Waals surface area contributed by atoms with Crippen molar-refractivity contribution in [3.8, 4) is 0 Å². The summed E-state index contributed by atoms with van der Waals surface area (Å²) in [7, 11) is 0. The molecule has 0 aliphatic rings. The van der Waals surface area contributed by atoms with Gasteiger partial charge in [-0.15, -0.1) is 0 Å². The summed E-state index contributed by atoms with van der Waals surface area (Å²) in [5, 5.41) is 11.2. The molecule has 0 spiro atoms. The van der Waals surface area contributed by atoms with Gasteiger partial charge in [0.15, 0.2) is 11.5 Å². The smallest absolute Gasteiger partial charge is 0.179 e. The fourth-order valence-corrected chi connectivity index (χ4v) is 2.27. The molecule has 1 aromatic heterocycles. The van der Waals surface area contributed by atoms with E-state index in [2.05, 4.69) is 0 Å². The maximum atomic E-state index is 10.4. The number of hydrogen-bond donors (Lipinski definition) is 1. The van der Waals surface area contributed by atoms with Crippen LogP contribution in [0.2, 0.25) is 5.02 Å². The van der Waals surface area contributed by atoms with Crippen LogP contribution in [0, 0.1) is 6.92 Å². The van der Waals surface area contributed by atoms with E-state index in [-0.39, 0.29) is 5.03 Å². The van der Waals surface area contributed by atoms with Gasteiger partial charge in [-0.3, -0.25) is 0 Å². The molecule has 0 saturated heterocycles. The summed E-state index contributed by atoms with van der Waals surface area (Å²) in [4.78, 5) is 0. The Balaban J connectivity index is 2.38. The minimum atomic E-state index is -1.00. The molecule has 1 heterocycles. The highest BCUT2D eigenvalue weighted by atomic mass is 35.5. The normalized spacial score (nSPS) is 13.8. The van der Waals surface area contributed by atoms with Gasteiger partial charge in [-0.1, -0.05) is 35.3 Å². The summed E-state index contributed by atoms with van der Waals surface area (Å²) >= 11 is 12.1. The van der Waals surface area contributed by atoms with E-state index < -0.39 is 6.10 Å². The Kier molecular flexibility index (Phi) is 5.34. The number of aliphatic hydroxyl groups excluding tert-OH is 1. The molecule has 2 rings (SSSR count). The van der Waals surface area contributed by atoms with Gasteiger partial charge in [0.1, 0.15) is 11.9 Å². The monoisotopic (exact) mass is 326 g/mol. The van der Waals surface area contributed by atoms with Gasteiger partial charge in [0, 0.05) is 5.02 Å². The third kappa shape index (κ3) is 3.82. The third-order valence-electron chi connectivity index (χ3n) is 2.90. The fourth-order valence-electron chi connectivity index (χ4n) is 1.87. The molecule has 5 heteroatoms. The first kappa shape index (κ1) is 16.0. The molecule has 0 fully saturated rings. The van der Waals surface area contributed by atoms with Crippen molar-refractivity contribution in [1.29, 1.82) is 0 Å². The number of rotatable bonds is 5. The summed E-state index contributed by atoms with van der Waals surface area (Å²) in [6.07, 6.45) is -1.00. The lowest BCUT2D eigenvalue weighted by molar-refractivity contribution is 0.214. The molecule has 0 radical (unpaired) electrons. The van der Waals surface area contributed by atoms with Gasteiger partial charge in [0.2, 0.25) is 0 Å². The van der Waals surface area contributed by atoms with Gasteiger partial charge in [0.25, 0.3) is 0 Å². The summed E-state index contributed by atoms with van der Waals surface area (Å²) in [6, 6.07) is 10.4. The highest BCUT2D eigenvalue weighted by Crippen LogP contribution is 2.33. The Bertz CT molecular complexity index is 629. The Morgan fingerprint density at radius 1 is 1.24 bits per heavy atom. The van der Waals surface area contributed by atoms with Gasteiger partial charge in [0.05, 0.1) is 11.6 Å². The van der Waals surface area contributed by atoms with Crippen molar-refractivity contribution in [3.63, 3.8) is 0 Å². The van der Waals surface area contributed by atoms with Crippen LogP contribution in [0.3, 0.4) is 0 Å². The van der Waals surface area contributed by atoms with E-state index in [4.69, 9.17) is 32.4 Å². The third-order valence-corrected chi connectivity index (χ3v) is 3.53. The first-order chi connectivity index (χ1) is 10.0. The van der Waals surface area contributed by atoms with E-state index in [1.807, 2.05) is 19.9 Å². The van der Waals surface area contributed by atoms with E-state index in [9.17, 15) is 5.11 Å². The van der Waals surface area contributed by atoms with E-state index in [0.717, 1.165) is 5.76 Å². The number of ether oxygens (including phenoxy) is 1. The standard InChI is InChI=1S/C16H16Cl2O3/c1-3-20-16(13-9-4-10(2)21-13)14(18)15(19)11-5-7-12(17)8-6-11/h4-9,15,19H,3H2,1-2H3/b16-14+. The minimum Gasteiger partial charge on any atom is -0.489 e. The van der Waals surface area contributed by atoms with Gasteiger partial charge in [-0.2, -0.15) is 0 Å². The molecule has 1 N–H and O–H groups in total. The van der Waals surface area contributed by atoms with E-state index in [1.54, 1.807) is 30.3 Å². The van der Waals surface area contributed by atoms with Crippen LogP contribution in [0.25, 0.3) is 5.76 Å². The number of aryl methyl sites for hydroxylation is 1. The quantitative estimate of drug-likeness (QED) is 0.793. The molecule has 0 saturated carbocycles. The van der Waals surface area contributed by atoms with E-state index in [0.29, 0.717) is 28.7 Å². The maximum absolute atomic E-state index is 10.4. The Labute approximate surface area is 133 Å².